The maximum Gasteiger partial charge on any atom is 0.266 e. The van der Waals surface area contributed by atoms with Gasteiger partial charge in [0.15, 0.2) is 11.5 Å². The minimum atomic E-state index is -0.781. The number of amides is 6. The number of nitrogens with zero attached hydrogens (tertiary/aromatic N) is 2. The summed E-state index contributed by atoms with van der Waals surface area (Å²) in [6.45, 7) is 33.2. The van der Waals surface area contributed by atoms with E-state index in [1.165, 1.54) is 9.80 Å². The number of ether oxygens (including phenoxy) is 2. The standard InChI is InChI=1S/C72H68N4O8/c1-67(2,3)33-25-45(61(73)77)57-47(27-33)71(13,14)49-29-35(69(7,8)9)31-51(59(49)83-57)75-63(79)41-21-17-37-39-19-23-43-56-44(24-20-40(54(39)56)38-18-22-42(64(75)80)55(41)53(37)38)66(82)76(65(43)81)52-32-36(70(10,11)12)30-50-60(52)84-58-46(62(74)78)26-34(68(4,5)6)28-48(58)72(50,15)16/h17-32H,1-16H3,(H2,73,77)(H2,74,78). The number of anilines is 2. The van der Waals surface area contributed by atoms with Gasteiger partial charge < -0.3 is 20.9 Å². The minimum Gasteiger partial charge on any atom is -0.454 e. The summed E-state index contributed by atoms with van der Waals surface area (Å²) in [7, 11) is 0. The quantitative estimate of drug-likeness (QED) is 0.0992. The first-order valence-corrected chi connectivity index (χ1v) is 28.7. The Bertz CT molecular complexity index is 4210. The Labute approximate surface area is 488 Å². The van der Waals surface area contributed by atoms with Crippen molar-refractivity contribution in [3.63, 3.8) is 0 Å². The first kappa shape index (κ1) is 54.4. The number of carbonyl (C=O) groups is 6. The molecule has 4 aliphatic rings. The maximum absolute atomic E-state index is 15.5. The van der Waals surface area contributed by atoms with Crippen molar-refractivity contribution in [3.8, 4) is 23.0 Å². The summed E-state index contributed by atoms with van der Waals surface area (Å²) in [5.41, 5.74) is 17.9. The summed E-state index contributed by atoms with van der Waals surface area (Å²) < 4.78 is 13.7. The van der Waals surface area contributed by atoms with Crippen LogP contribution in [-0.2, 0) is 32.5 Å². The van der Waals surface area contributed by atoms with Gasteiger partial charge in [0.1, 0.15) is 11.5 Å². The van der Waals surface area contributed by atoms with Crippen LogP contribution in [0.5, 0.6) is 23.0 Å². The Balaban J connectivity index is 0.959. The highest BCUT2D eigenvalue weighted by atomic mass is 16.5. The average molecular weight is 1120 g/mol. The van der Waals surface area contributed by atoms with Gasteiger partial charge in [-0.3, -0.25) is 28.8 Å². The highest BCUT2D eigenvalue weighted by molar-refractivity contribution is 6.45. The lowest BCUT2D eigenvalue weighted by molar-refractivity contribution is 0.0877. The Morgan fingerprint density at radius 1 is 0.369 bits per heavy atom. The summed E-state index contributed by atoms with van der Waals surface area (Å²) >= 11 is 0. The first-order chi connectivity index (χ1) is 39.0. The molecule has 9 aromatic rings. The van der Waals surface area contributed by atoms with Gasteiger partial charge in [-0.05, 0) is 125 Å². The molecule has 12 heteroatoms. The monoisotopic (exact) mass is 1120 g/mol. The van der Waals surface area contributed by atoms with Gasteiger partial charge in [0.05, 0.1) is 22.5 Å². The molecule has 4 aliphatic heterocycles. The molecular weight excluding hydrogens is 1050 g/mol. The third-order valence-corrected chi connectivity index (χ3v) is 18.5. The zero-order chi connectivity index (χ0) is 60.5. The van der Waals surface area contributed by atoms with Crippen LogP contribution in [0.4, 0.5) is 11.4 Å². The Kier molecular flexibility index (Phi) is 10.9. The molecule has 0 bridgehead atoms. The molecule has 4 N–H and O–H groups in total. The maximum atomic E-state index is 15.5. The van der Waals surface area contributed by atoms with Crippen molar-refractivity contribution in [3.05, 3.63) is 175 Å². The van der Waals surface area contributed by atoms with Crippen LogP contribution in [0.25, 0.3) is 43.1 Å². The molecule has 0 saturated heterocycles. The molecule has 0 fully saturated rings. The van der Waals surface area contributed by atoms with E-state index in [-0.39, 0.29) is 56.3 Å². The molecule has 0 spiro atoms. The number of benzene rings is 9. The fourth-order valence-corrected chi connectivity index (χ4v) is 13.4. The molecule has 6 amide bonds. The van der Waals surface area contributed by atoms with Crippen molar-refractivity contribution < 1.29 is 38.2 Å². The number of nitrogens with two attached hydrogens (primary N) is 2. The van der Waals surface area contributed by atoms with Crippen LogP contribution < -0.4 is 30.7 Å². The highest BCUT2D eigenvalue weighted by Gasteiger charge is 2.47. The molecule has 424 valence electrons. The Morgan fingerprint density at radius 2 is 0.619 bits per heavy atom. The number of rotatable bonds is 4. The van der Waals surface area contributed by atoms with Crippen molar-refractivity contribution >= 4 is 89.9 Å². The van der Waals surface area contributed by atoms with Crippen molar-refractivity contribution in [1.82, 2.24) is 0 Å². The smallest absolute Gasteiger partial charge is 0.266 e. The fourth-order valence-electron chi connectivity index (χ4n) is 13.4. The Hall–Kier alpha value is -8.90. The van der Waals surface area contributed by atoms with E-state index < -0.39 is 57.1 Å². The lowest BCUT2D eigenvalue weighted by Crippen LogP contribution is -2.41. The SMILES string of the molecule is CC(C)(C)c1cc(C(N)=O)c2c(c1)C(C)(C)c1cc(C(C)(C)C)cc(N3C(=O)c4ccc5c6ccc7c8c(ccc(c9ccc(c4c59)C3=O)c86)C(=O)N(c3cc(C(C)(C)C)cc4c3Oc3c(C(N)=O)cc(C(C)(C)C)cc3C4(C)C)C7=O)c1O2. The van der Waals surface area contributed by atoms with E-state index in [2.05, 4.69) is 135 Å². The van der Waals surface area contributed by atoms with Crippen LogP contribution in [0.2, 0.25) is 0 Å². The van der Waals surface area contributed by atoms with Gasteiger partial charge >= 0.3 is 0 Å². The van der Waals surface area contributed by atoms with Crippen LogP contribution in [-0.4, -0.2) is 35.4 Å². The van der Waals surface area contributed by atoms with Crippen LogP contribution in [0, 0.1) is 0 Å². The van der Waals surface area contributed by atoms with Crippen LogP contribution >= 0.6 is 0 Å². The third-order valence-electron chi connectivity index (χ3n) is 18.5. The highest BCUT2D eigenvalue weighted by Crippen LogP contribution is 2.58. The number of imide groups is 2. The van der Waals surface area contributed by atoms with E-state index in [0.29, 0.717) is 43.8 Å². The zero-order valence-corrected chi connectivity index (χ0v) is 50.6. The van der Waals surface area contributed by atoms with E-state index in [0.717, 1.165) is 66.1 Å². The van der Waals surface area contributed by atoms with Gasteiger partial charge in [0, 0.05) is 66.1 Å². The molecule has 12 nitrogen and oxygen atoms in total. The van der Waals surface area contributed by atoms with Crippen LogP contribution in [0.3, 0.4) is 0 Å². The molecule has 84 heavy (non-hydrogen) atoms. The van der Waals surface area contributed by atoms with E-state index in [1.54, 1.807) is 36.4 Å². The lowest BCUT2D eigenvalue weighted by Gasteiger charge is -2.40. The van der Waals surface area contributed by atoms with Crippen molar-refractivity contribution in [2.45, 2.75) is 143 Å². The minimum absolute atomic E-state index is 0.209. The lowest BCUT2D eigenvalue weighted by atomic mass is 9.71. The summed E-state index contributed by atoms with van der Waals surface area (Å²) in [5.74, 6) is -2.35. The fraction of sp³-hybridized carbons (Fsp3) is 0.306. The molecule has 9 aromatic carbocycles. The summed E-state index contributed by atoms with van der Waals surface area (Å²) in [6.07, 6.45) is 0. The predicted octanol–water partition coefficient (Wildman–Crippen LogP) is 15.6. The summed E-state index contributed by atoms with van der Waals surface area (Å²) in [5, 5.41) is 5.34. The number of hydrogen-bond donors (Lipinski definition) is 2. The van der Waals surface area contributed by atoms with E-state index in [9.17, 15) is 9.59 Å². The van der Waals surface area contributed by atoms with Gasteiger partial charge in [-0.2, -0.15) is 0 Å². The second kappa shape index (κ2) is 16.9. The van der Waals surface area contributed by atoms with Crippen LogP contribution in [0.15, 0.2) is 97.1 Å². The van der Waals surface area contributed by atoms with Crippen molar-refractivity contribution in [1.29, 1.82) is 0 Å². The molecule has 0 saturated carbocycles. The topological polar surface area (TPSA) is 179 Å². The second-order valence-electron chi connectivity index (χ2n) is 28.8. The predicted molar refractivity (Wildman–Crippen MR) is 332 cm³/mol. The first-order valence-electron chi connectivity index (χ1n) is 28.7. The number of fused-ring (bicyclic) bond motifs is 6. The van der Waals surface area contributed by atoms with Crippen molar-refractivity contribution in [2.75, 3.05) is 9.80 Å². The number of carbonyl (C=O) groups excluding carboxylic acids is 6. The number of primary amides is 2. The van der Waals surface area contributed by atoms with Gasteiger partial charge in [0.25, 0.3) is 35.4 Å². The molecule has 4 heterocycles. The van der Waals surface area contributed by atoms with Crippen LogP contribution in [0.1, 0.15) is 217 Å². The Morgan fingerprint density at radius 3 is 0.869 bits per heavy atom. The van der Waals surface area contributed by atoms with Gasteiger partial charge in [0.2, 0.25) is 0 Å². The van der Waals surface area contributed by atoms with E-state index in [1.807, 2.05) is 36.4 Å². The summed E-state index contributed by atoms with van der Waals surface area (Å²) in [6, 6.07) is 30.1. The average Bonchev–Trinajstić information content (AvgIpc) is 0.817. The molecule has 0 aliphatic carbocycles. The zero-order valence-electron chi connectivity index (χ0n) is 50.6. The molecule has 0 atom stereocenters. The van der Waals surface area contributed by atoms with Gasteiger partial charge in [-0.25, -0.2) is 9.80 Å². The molecule has 13 rings (SSSR count). The normalized spacial score (nSPS) is 16.2. The van der Waals surface area contributed by atoms with Gasteiger partial charge in [-0.1, -0.05) is 159 Å². The molecule has 0 radical (unpaired) electrons. The van der Waals surface area contributed by atoms with E-state index in [4.69, 9.17) is 20.9 Å². The number of hydrogen-bond acceptors (Lipinski definition) is 8. The summed E-state index contributed by atoms with van der Waals surface area (Å²) in [4.78, 5) is 91.2. The third kappa shape index (κ3) is 7.37. The molecular formula is C72H68N4O8. The van der Waals surface area contributed by atoms with Gasteiger partial charge in [-0.15, -0.1) is 0 Å². The molecule has 0 aromatic heterocycles. The largest absolute Gasteiger partial charge is 0.454 e. The van der Waals surface area contributed by atoms with Crippen molar-refractivity contribution in [2.24, 2.45) is 11.5 Å². The molecule has 0 unspecified atom stereocenters. The second-order valence-corrected chi connectivity index (χ2v) is 28.8. The van der Waals surface area contributed by atoms with E-state index >= 15 is 19.2 Å².